The van der Waals surface area contributed by atoms with E-state index in [-0.39, 0.29) is 11.9 Å². The van der Waals surface area contributed by atoms with Gasteiger partial charge in [0, 0.05) is 44.1 Å². The molecule has 1 aromatic carbocycles. The number of fused-ring (bicyclic) bond motifs is 1. The highest BCUT2D eigenvalue weighted by Gasteiger charge is 2.29. The van der Waals surface area contributed by atoms with Crippen LogP contribution in [0.25, 0.3) is 22.5 Å². The summed E-state index contributed by atoms with van der Waals surface area (Å²) >= 11 is 0. The largest absolute Gasteiger partial charge is 0.370 e. The highest BCUT2D eigenvalue weighted by molar-refractivity contribution is 5.76. The van der Waals surface area contributed by atoms with Crippen LogP contribution in [0.1, 0.15) is 38.2 Å². The van der Waals surface area contributed by atoms with Gasteiger partial charge in [-0.25, -0.2) is 4.98 Å². The minimum Gasteiger partial charge on any atom is -0.370 e. The van der Waals surface area contributed by atoms with Crippen LogP contribution in [0, 0.1) is 0 Å². The number of carbonyl (C=O) groups excluding carboxylic acids is 1. The molecule has 160 valence electrons. The predicted molar refractivity (Wildman–Crippen MR) is 126 cm³/mol. The third kappa shape index (κ3) is 4.53. The van der Waals surface area contributed by atoms with Gasteiger partial charge in [0.05, 0.1) is 11.9 Å². The summed E-state index contributed by atoms with van der Waals surface area (Å²) in [4.78, 5) is 22.4. The number of benzene rings is 1. The molecule has 0 aliphatic heterocycles. The fourth-order valence-electron chi connectivity index (χ4n) is 4.35. The van der Waals surface area contributed by atoms with Crippen molar-refractivity contribution in [3.63, 3.8) is 0 Å². The lowest BCUT2D eigenvalue weighted by molar-refractivity contribution is -0.121. The molecule has 0 unspecified atom stereocenters. The number of hydrogen-bond acceptors (Lipinski definition) is 4. The molecular weight excluding hydrogens is 386 g/mol. The second-order valence-electron chi connectivity index (χ2n) is 8.08. The van der Waals surface area contributed by atoms with E-state index in [4.69, 9.17) is 0 Å². The lowest BCUT2D eigenvalue weighted by Gasteiger charge is -2.29. The van der Waals surface area contributed by atoms with E-state index in [1.807, 2.05) is 29.8 Å². The molecule has 2 aromatic heterocycles. The number of aliphatic imine (C=N–C) groups is 1. The Balaban J connectivity index is 1.51. The van der Waals surface area contributed by atoms with E-state index < -0.39 is 0 Å². The van der Waals surface area contributed by atoms with E-state index in [0.29, 0.717) is 12.5 Å². The molecule has 3 aromatic rings. The molecule has 1 N–H and O–H groups in total. The lowest BCUT2D eigenvalue weighted by Crippen LogP contribution is -2.35. The average Bonchev–Trinajstić information content (AvgIpc) is 3.46. The highest BCUT2D eigenvalue weighted by Crippen LogP contribution is 2.31. The molecule has 2 atom stereocenters. The molecule has 1 fully saturated rings. The first kappa shape index (κ1) is 20.8. The Hall–Kier alpha value is -3.41. The topological polar surface area (TPSA) is 62.0 Å². The standard InChI is InChI=1S/C25H29N5O/c1-4-25(31)28-21-10-11-22(15-21)29(3)23(16-26-2)19-7-5-18(6-8-19)20-9-12-24-27-13-14-30(24)17-20/h5-9,12-14,16-17,21-22H,2,4,10-11,15H2,1,3H3,(H,28,31)/b23-16-/t21-,22+/m0/s1. The Bertz CT molecular complexity index is 1100. The molecule has 1 saturated carbocycles. The van der Waals surface area contributed by atoms with Crippen LogP contribution in [0.2, 0.25) is 0 Å². The Morgan fingerprint density at radius 3 is 2.77 bits per heavy atom. The van der Waals surface area contributed by atoms with Crippen molar-refractivity contribution >= 4 is 24.0 Å². The number of imidazole rings is 1. The molecule has 2 heterocycles. The van der Waals surface area contributed by atoms with Crippen molar-refractivity contribution in [2.45, 2.75) is 44.7 Å². The number of carbonyl (C=O) groups is 1. The zero-order valence-electron chi connectivity index (χ0n) is 18.2. The summed E-state index contributed by atoms with van der Waals surface area (Å²) in [6, 6.07) is 13.3. The van der Waals surface area contributed by atoms with Gasteiger partial charge in [0.15, 0.2) is 0 Å². The van der Waals surface area contributed by atoms with Crippen molar-refractivity contribution < 1.29 is 4.79 Å². The number of amides is 1. The summed E-state index contributed by atoms with van der Waals surface area (Å²) < 4.78 is 2.03. The predicted octanol–water partition coefficient (Wildman–Crippen LogP) is 4.38. The Labute approximate surface area is 183 Å². The molecule has 1 amide bonds. The van der Waals surface area contributed by atoms with Crippen molar-refractivity contribution in [3.05, 3.63) is 66.8 Å². The van der Waals surface area contributed by atoms with Crippen LogP contribution >= 0.6 is 0 Å². The normalized spacial score (nSPS) is 18.8. The highest BCUT2D eigenvalue weighted by atomic mass is 16.1. The van der Waals surface area contributed by atoms with Gasteiger partial charge in [-0.05, 0) is 54.8 Å². The first-order valence-electron chi connectivity index (χ1n) is 10.8. The van der Waals surface area contributed by atoms with Gasteiger partial charge in [-0.2, -0.15) is 0 Å². The number of nitrogens with zero attached hydrogens (tertiary/aromatic N) is 4. The zero-order valence-corrected chi connectivity index (χ0v) is 18.2. The summed E-state index contributed by atoms with van der Waals surface area (Å²) in [7, 11) is 2.10. The van der Waals surface area contributed by atoms with Gasteiger partial charge in [-0.15, -0.1) is 0 Å². The number of aromatic nitrogens is 2. The molecule has 0 bridgehead atoms. The van der Waals surface area contributed by atoms with Crippen molar-refractivity contribution in [2.75, 3.05) is 7.05 Å². The molecule has 1 aliphatic rings. The van der Waals surface area contributed by atoms with Crippen molar-refractivity contribution in [1.29, 1.82) is 0 Å². The first-order chi connectivity index (χ1) is 15.1. The first-order valence-corrected chi connectivity index (χ1v) is 10.8. The summed E-state index contributed by atoms with van der Waals surface area (Å²) in [6.07, 6.45) is 11.2. The number of nitrogens with one attached hydrogen (secondary N) is 1. The van der Waals surface area contributed by atoms with Crippen LogP contribution < -0.4 is 5.32 Å². The van der Waals surface area contributed by atoms with Gasteiger partial charge in [-0.3, -0.25) is 9.79 Å². The second kappa shape index (κ2) is 9.16. The smallest absolute Gasteiger partial charge is 0.219 e. The van der Waals surface area contributed by atoms with Crippen LogP contribution in [0.15, 0.2) is 66.2 Å². The van der Waals surface area contributed by atoms with Crippen LogP contribution in [0.3, 0.4) is 0 Å². The minimum absolute atomic E-state index is 0.126. The average molecular weight is 416 g/mol. The molecular formula is C25H29N5O. The monoisotopic (exact) mass is 415 g/mol. The second-order valence-corrected chi connectivity index (χ2v) is 8.08. The van der Waals surface area contributed by atoms with Crippen molar-refractivity contribution in [2.24, 2.45) is 4.99 Å². The summed E-state index contributed by atoms with van der Waals surface area (Å²) in [6.45, 7) is 5.56. The maximum Gasteiger partial charge on any atom is 0.219 e. The van der Waals surface area contributed by atoms with E-state index in [2.05, 4.69) is 70.5 Å². The van der Waals surface area contributed by atoms with E-state index >= 15 is 0 Å². The maximum atomic E-state index is 11.7. The van der Waals surface area contributed by atoms with Gasteiger partial charge in [0.2, 0.25) is 5.91 Å². The summed E-state index contributed by atoms with van der Waals surface area (Å²) in [5, 5.41) is 3.13. The molecule has 0 saturated heterocycles. The fourth-order valence-corrected chi connectivity index (χ4v) is 4.35. The van der Waals surface area contributed by atoms with Gasteiger partial charge in [0.1, 0.15) is 5.65 Å². The van der Waals surface area contributed by atoms with E-state index in [9.17, 15) is 4.79 Å². The number of rotatable bonds is 7. The fraction of sp³-hybridized carbons (Fsp3) is 0.320. The number of hydrogen-bond donors (Lipinski definition) is 1. The third-order valence-corrected chi connectivity index (χ3v) is 6.14. The van der Waals surface area contributed by atoms with Crippen LogP contribution in [-0.2, 0) is 4.79 Å². The van der Waals surface area contributed by atoms with Gasteiger partial charge >= 0.3 is 0 Å². The summed E-state index contributed by atoms with van der Waals surface area (Å²) in [5.74, 6) is 0.126. The van der Waals surface area contributed by atoms with Crippen LogP contribution in [0.5, 0.6) is 0 Å². The van der Waals surface area contributed by atoms with Crippen molar-refractivity contribution in [1.82, 2.24) is 19.6 Å². The Kier molecular flexibility index (Phi) is 6.16. The van der Waals surface area contributed by atoms with Crippen LogP contribution in [-0.4, -0.2) is 46.0 Å². The lowest BCUT2D eigenvalue weighted by atomic mass is 10.0. The molecule has 0 spiro atoms. The molecule has 4 rings (SSSR count). The van der Waals surface area contributed by atoms with Gasteiger partial charge in [-0.1, -0.05) is 31.2 Å². The molecule has 6 nitrogen and oxygen atoms in total. The molecule has 0 radical (unpaired) electrons. The maximum absolute atomic E-state index is 11.7. The molecule has 1 aliphatic carbocycles. The minimum atomic E-state index is 0.126. The molecule has 6 heteroatoms. The van der Waals surface area contributed by atoms with E-state index in [1.165, 1.54) is 0 Å². The van der Waals surface area contributed by atoms with Crippen molar-refractivity contribution in [3.8, 4) is 11.1 Å². The number of pyridine rings is 1. The quantitative estimate of drug-likeness (QED) is 0.583. The Morgan fingerprint density at radius 2 is 2.03 bits per heavy atom. The summed E-state index contributed by atoms with van der Waals surface area (Å²) in [5.41, 5.74) is 5.37. The Morgan fingerprint density at radius 1 is 1.26 bits per heavy atom. The zero-order chi connectivity index (χ0) is 21.8. The van der Waals surface area contributed by atoms with Gasteiger partial charge < -0.3 is 14.6 Å². The third-order valence-electron chi connectivity index (χ3n) is 6.14. The SMILES string of the molecule is C=N/C=C(/c1ccc(-c2ccc3nccn3c2)cc1)N(C)[C@@H]1CC[C@H](NC(=O)CC)C1. The van der Waals surface area contributed by atoms with Crippen LogP contribution in [0.4, 0.5) is 0 Å². The van der Waals surface area contributed by atoms with E-state index in [0.717, 1.165) is 47.3 Å². The molecule has 31 heavy (non-hydrogen) atoms. The van der Waals surface area contributed by atoms with E-state index in [1.54, 1.807) is 6.20 Å². The van der Waals surface area contributed by atoms with Gasteiger partial charge in [0.25, 0.3) is 0 Å².